The zero-order valence-electron chi connectivity index (χ0n) is 15.3. The van der Waals surface area contributed by atoms with Gasteiger partial charge in [-0.2, -0.15) is 0 Å². The maximum absolute atomic E-state index is 5.86. The van der Waals surface area contributed by atoms with Crippen LogP contribution in [0.15, 0.2) is 23.2 Å². The third kappa shape index (κ3) is 7.27. The first-order valence-electron chi connectivity index (χ1n) is 8.58. The van der Waals surface area contributed by atoms with Crippen LogP contribution in [-0.2, 0) is 4.74 Å². The zero-order valence-corrected chi connectivity index (χ0v) is 17.7. The van der Waals surface area contributed by atoms with Crippen LogP contribution in [0.5, 0.6) is 11.5 Å². The van der Waals surface area contributed by atoms with E-state index in [0.29, 0.717) is 17.6 Å². The number of aliphatic imine (C=N–C) groups is 1. The van der Waals surface area contributed by atoms with E-state index in [1.165, 1.54) is 25.7 Å². The summed E-state index contributed by atoms with van der Waals surface area (Å²) in [4.78, 5) is 4.24. The number of methoxy groups -OCH3 is 2. The van der Waals surface area contributed by atoms with E-state index >= 15 is 0 Å². The minimum Gasteiger partial charge on any atom is -0.493 e. The molecule has 0 unspecified atom stereocenters. The van der Waals surface area contributed by atoms with E-state index in [0.717, 1.165) is 31.2 Å². The van der Waals surface area contributed by atoms with Crippen molar-refractivity contribution in [3.8, 4) is 11.5 Å². The average molecular weight is 463 g/mol. The molecular formula is C18H30IN3O3. The van der Waals surface area contributed by atoms with E-state index in [4.69, 9.17) is 14.2 Å². The summed E-state index contributed by atoms with van der Waals surface area (Å²) >= 11 is 0. The summed E-state index contributed by atoms with van der Waals surface area (Å²) in [6, 6.07) is 5.68. The van der Waals surface area contributed by atoms with Gasteiger partial charge in [0.1, 0.15) is 0 Å². The number of ether oxygens (including phenoxy) is 3. The molecular weight excluding hydrogens is 433 g/mol. The molecule has 0 aliphatic heterocycles. The molecule has 0 radical (unpaired) electrons. The van der Waals surface area contributed by atoms with Gasteiger partial charge in [-0.1, -0.05) is 12.8 Å². The van der Waals surface area contributed by atoms with Crippen LogP contribution < -0.4 is 20.1 Å². The number of rotatable bonds is 8. The Morgan fingerprint density at radius 3 is 2.52 bits per heavy atom. The fourth-order valence-electron chi connectivity index (χ4n) is 2.81. The first kappa shape index (κ1) is 21.8. The quantitative estimate of drug-likeness (QED) is 0.267. The highest BCUT2D eigenvalue weighted by molar-refractivity contribution is 14.0. The van der Waals surface area contributed by atoms with Crippen LogP contribution in [0.1, 0.15) is 32.1 Å². The number of hydrogen-bond donors (Lipinski definition) is 2. The van der Waals surface area contributed by atoms with E-state index in [1.54, 1.807) is 21.3 Å². The molecule has 0 amide bonds. The molecule has 1 aliphatic carbocycles. The van der Waals surface area contributed by atoms with Crippen LogP contribution in [-0.4, -0.2) is 46.5 Å². The molecule has 0 atom stereocenters. The highest BCUT2D eigenvalue weighted by Crippen LogP contribution is 2.29. The Morgan fingerprint density at radius 1 is 1.16 bits per heavy atom. The fourth-order valence-corrected chi connectivity index (χ4v) is 2.81. The van der Waals surface area contributed by atoms with Gasteiger partial charge < -0.3 is 24.8 Å². The molecule has 0 saturated heterocycles. The van der Waals surface area contributed by atoms with Crippen molar-refractivity contribution in [3.05, 3.63) is 18.2 Å². The molecule has 25 heavy (non-hydrogen) atoms. The van der Waals surface area contributed by atoms with E-state index in [1.807, 2.05) is 18.2 Å². The van der Waals surface area contributed by atoms with E-state index in [9.17, 15) is 0 Å². The minimum atomic E-state index is 0. The molecule has 1 aromatic rings. The van der Waals surface area contributed by atoms with Crippen molar-refractivity contribution in [1.29, 1.82) is 0 Å². The van der Waals surface area contributed by atoms with Gasteiger partial charge in [0, 0.05) is 32.0 Å². The van der Waals surface area contributed by atoms with Crippen molar-refractivity contribution in [1.82, 2.24) is 5.32 Å². The molecule has 0 aromatic heterocycles. The molecule has 1 aromatic carbocycles. The van der Waals surface area contributed by atoms with Gasteiger partial charge in [-0.3, -0.25) is 4.99 Å². The van der Waals surface area contributed by atoms with Gasteiger partial charge in [0.15, 0.2) is 17.5 Å². The molecule has 6 nitrogen and oxygen atoms in total. The van der Waals surface area contributed by atoms with Gasteiger partial charge in [0.25, 0.3) is 0 Å². The second kappa shape index (κ2) is 12.2. The fraction of sp³-hybridized carbons (Fsp3) is 0.611. The third-order valence-corrected chi connectivity index (χ3v) is 4.14. The molecule has 1 aliphatic rings. The second-order valence-electron chi connectivity index (χ2n) is 5.82. The van der Waals surface area contributed by atoms with Crippen LogP contribution in [0, 0.1) is 0 Å². The van der Waals surface area contributed by atoms with Gasteiger partial charge in [-0.05, 0) is 31.4 Å². The number of benzene rings is 1. The van der Waals surface area contributed by atoms with Crippen LogP contribution in [0.25, 0.3) is 0 Å². The predicted molar refractivity (Wildman–Crippen MR) is 113 cm³/mol. The Hall–Kier alpha value is -1.22. The maximum Gasteiger partial charge on any atom is 0.195 e. The second-order valence-corrected chi connectivity index (χ2v) is 5.82. The smallest absolute Gasteiger partial charge is 0.195 e. The van der Waals surface area contributed by atoms with Crippen molar-refractivity contribution in [2.24, 2.45) is 4.99 Å². The van der Waals surface area contributed by atoms with Crippen molar-refractivity contribution < 1.29 is 14.2 Å². The lowest BCUT2D eigenvalue weighted by molar-refractivity contribution is 0.0574. The van der Waals surface area contributed by atoms with Crippen LogP contribution in [0.3, 0.4) is 0 Å². The van der Waals surface area contributed by atoms with Crippen molar-refractivity contribution in [2.75, 3.05) is 39.7 Å². The Morgan fingerprint density at radius 2 is 1.88 bits per heavy atom. The normalized spacial score (nSPS) is 14.8. The first-order valence-corrected chi connectivity index (χ1v) is 8.58. The third-order valence-electron chi connectivity index (χ3n) is 4.14. The van der Waals surface area contributed by atoms with Gasteiger partial charge >= 0.3 is 0 Å². The molecule has 1 saturated carbocycles. The number of halogens is 1. The molecule has 2 N–H and O–H groups in total. The van der Waals surface area contributed by atoms with Crippen LogP contribution >= 0.6 is 24.0 Å². The Labute approximate surface area is 167 Å². The lowest BCUT2D eigenvalue weighted by Gasteiger charge is -2.15. The first-order chi connectivity index (χ1) is 11.8. The van der Waals surface area contributed by atoms with Gasteiger partial charge in [-0.15, -0.1) is 24.0 Å². The zero-order chi connectivity index (χ0) is 17.2. The summed E-state index contributed by atoms with van der Waals surface area (Å²) in [5, 5.41) is 6.55. The predicted octanol–water partition coefficient (Wildman–Crippen LogP) is 3.66. The maximum atomic E-state index is 5.86. The SMILES string of the molecule is CN=C(NCCCOC1CCCC1)Nc1ccc(OC)c(OC)c1.I. The summed E-state index contributed by atoms with van der Waals surface area (Å²) in [6.45, 7) is 1.62. The Bertz CT molecular complexity index is 534. The van der Waals surface area contributed by atoms with Gasteiger partial charge in [0.2, 0.25) is 0 Å². The summed E-state index contributed by atoms with van der Waals surface area (Å²) < 4.78 is 16.4. The summed E-state index contributed by atoms with van der Waals surface area (Å²) in [6.07, 6.45) is 6.50. The topological polar surface area (TPSA) is 64.1 Å². The molecule has 1 fully saturated rings. The molecule has 2 rings (SSSR count). The van der Waals surface area contributed by atoms with Gasteiger partial charge in [-0.25, -0.2) is 0 Å². The number of hydrogen-bond acceptors (Lipinski definition) is 4. The van der Waals surface area contributed by atoms with E-state index < -0.39 is 0 Å². The standard InChI is InChI=1S/C18H29N3O3.HI/c1-19-18(20-11-6-12-24-15-7-4-5-8-15)21-14-9-10-16(22-2)17(13-14)23-3;/h9-10,13,15H,4-8,11-12H2,1-3H3,(H2,19,20,21);1H. The van der Waals surface area contributed by atoms with Crippen molar-refractivity contribution in [3.63, 3.8) is 0 Å². The largest absolute Gasteiger partial charge is 0.493 e. The average Bonchev–Trinajstić information content (AvgIpc) is 3.13. The highest BCUT2D eigenvalue weighted by Gasteiger charge is 2.14. The lowest BCUT2D eigenvalue weighted by Crippen LogP contribution is -2.32. The van der Waals surface area contributed by atoms with Crippen LogP contribution in [0.4, 0.5) is 5.69 Å². The highest BCUT2D eigenvalue weighted by atomic mass is 127. The van der Waals surface area contributed by atoms with Crippen LogP contribution in [0.2, 0.25) is 0 Å². The molecule has 0 spiro atoms. The number of guanidine groups is 1. The van der Waals surface area contributed by atoms with E-state index in [2.05, 4.69) is 15.6 Å². The van der Waals surface area contributed by atoms with Gasteiger partial charge in [0.05, 0.1) is 20.3 Å². The number of anilines is 1. The van der Waals surface area contributed by atoms with Crippen molar-refractivity contribution >= 4 is 35.6 Å². The Balaban J connectivity index is 0.00000312. The van der Waals surface area contributed by atoms with E-state index in [-0.39, 0.29) is 24.0 Å². The summed E-state index contributed by atoms with van der Waals surface area (Å²) in [5.74, 6) is 2.11. The Kier molecular flexibility index (Phi) is 10.6. The lowest BCUT2D eigenvalue weighted by atomic mass is 10.2. The summed E-state index contributed by atoms with van der Waals surface area (Å²) in [7, 11) is 5.00. The minimum absolute atomic E-state index is 0. The monoisotopic (exact) mass is 463 g/mol. The van der Waals surface area contributed by atoms with Crippen molar-refractivity contribution in [2.45, 2.75) is 38.2 Å². The number of nitrogens with one attached hydrogen (secondary N) is 2. The molecule has 142 valence electrons. The number of nitrogens with zero attached hydrogens (tertiary/aromatic N) is 1. The molecule has 0 bridgehead atoms. The molecule has 0 heterocycles. The summed E-state index contributed by atoms with van der Waals surface area (Å²) in [5.41, 5.74) is 0.892. The molecule has 7 heteroatoms.